The highest BCUT2D eigenvalue weighted by molar-refractivity contribution is 5.87. The molecule has 0 bridgehead atoms. The minimum absolute atomic E-state index is 0.0311. The molecule has 2 aromatic rings. The third kappa shape index (κ3) is 3.62. The second-order valence-corrected chi connectivity index (χ2v) is 6.47. The summed E-state index contributed by atoms with van der Waals surface area (Å²) in [5, 5.41) is 13.1. The Kier molecular flexibility index (Phi) is 4.61. The normalized spacial score (nSPS) is 14.3. The van der Waals surface area contributed by atoms with Gasteiger partial charge in [-0.05, 0) is 45.9 Å². The number of hydrogen-bond donors (Lipinski definition) is 2. The van der Waals surface area contributed by atoms with E-state index in [1.165, 1.54) is 6.07 Å². The number of carbonyl (C=O) groups is 1. The van der Waals surface area contributed by atoms with E-state index >= 15 is 0 Å². The van der Waals surface area contributed by atoms with Crippen LogP contribution in [0.1, 0.15) is 37.9 Å². The maximum Gasteiger partial charge on any atom is 0.230 e. The van der Waals surface area contributed by atoms with Crippen molar-refractivity contribution in [2.24, 2.45) is 0 Å². The van der Waals surface area contributed by atoms with Gasteiger partial charge in [0.15, 0.2) is 0 Å². The third-order valence-electron chi connectivity index (χ3n) is 3.98. The highest BCUT2D eigenvalue weighted by Gasteiger charge is 2.34. The van der Waals surface area contributed by atoms with E-state index in [4.69, 9.17) is 4.42 Å². The number of nitrogens with one attached hydrogen (secondary N) is 1. The van der Waals surface area contributed by atoms with Crippen LogP contribution < -0.4 is 5.32 Å². The number of aliphatic hydroxyl groups is 1. The first-order valence-electron chi connectivity index (χ1n) is 7.47. The fourth-order valence-corrected chi connectivity index (χ4v) is 2.37. The van der Waals surface area contributed by atoms with Crippen LogP contribution in [0.15, 0.2) is 40.8 Å². The van der Waals surface area contributed by atoms with Gasteiger partial charge in [0.1, 0.15) is 22.9 Å². The van der Waals surface area contributed by atoms with E-state index in [0.29, 0.717) is 17.1 Å². The lowest BCUT2D eigenvalue weighted by Gasteiger charge is -2.27. The minimum atomic E-state index is -1.34. The quantitative estimate of drug-likeness (QED) is 0.890. The second kappa shape index (κ2) is 6.16. The van der Waals surface area contributed by atoms with Gasteiger partial charge in [-0.3, -0.25) is 4.79 Å². The molecule has 0 saturated heterocycles. The van der Waals surface area contributed by atoms with Crippen LogP contribution >= 0.6 is 0 Å². The fraction of sp³-hybridized carbons (Fsp3) is 0.389. The molecule has 4 nitrogen and oxygen atoms in total. The van der Waals surface area contributed by atoms with E-state index in [1.54, 1.807) is 58.0 Å². The van der Waals surface area contributed by atoms with Gasteiger partial charge < -0.3 is 14.8 Å². The Morgan fingerprint density at radius 2 is 1.87 bits per heavy atom. The molecule has 5 heteroatoms. The number of furan rings is 1. The number of amides is 1. The first-order chi connectivity index (χ1) is 10.6. The monoisotopic (exact) mass is 319 g/mol. The first-order valence-corrected chi connectivity index (χ1v) is 7.47. The van der Waals surface area contributed by atoms with Crippen molar-refractivity contribution < 1.29 is 18.7 Å². The van der Waals surface area contributed by atoms with Crippen molar-refractivity contribution in [2.75, 3.05) is 6.54 Å². The average Bonchev–Trinajstić information content (AvgIpc) is 2.92. The molecule has 0 spiro atoms. The van der Waals surface area contributed by atoms with E-state index in [0.717, 1.165) is 0 Å². The molecule has 0 saturated carbocycles. The summed E-state index contributed by atoms with van der Waals surface area (Å²) in [6.07, 6.45) is 0. The summed E-state index contributed by atoms with van der Waals surface area (Å²) in [6.45, 7) is 6.59. The zero-order valence-corrected chi connectivity index (χ0v) is 13.8. The molecule has 1 unspecified atom stereocenters. The van der Waals surface area contributed by atoms with Crippen LogP contribution in [0.2, 0.25) is 0 Å². The van der Waals surface area contributed by atoms with Crippen LogP contribution in [0, 0.1) is 12.7 Å². The molecule has 1 atom stereocenters. The molecule has 1 amide bonds. The molecule has 0 aliphatic rings. The van der Waals surface area contributed by atoms with Crippen molar-refractivity contribution in [3.8, 4) is 0 Å². The standard InChI is InChI=1S/C18H22FNO3/c1-12-9-10-15(23-12)18(4,22)11-20-16(21)17(2,3)13-7-5-6-8-14(13)19/h5-10,22H,11H2,1-4H3,(H,20,21). The maximum atomic E-state index is 13.9. The van der Waals surface area contributed by atoms with E-state index < -0.39 is 16.8 Å². The Morgan fingerprint density at radius 1 is 1.22 bits per heavy atom. The Balaban J connectivity index is 2.11. The highest BCUT2D eigenvalue weighted by atomic mass is 19.1. The van der Waals surface area contributed by atoms with E-state index in [1.807, 2.05) is 0 Å². The van der Waals surface area contributed by atoms with Crippen LogP contribution in [-0.2, 0) is 15.8 Å². The molecule has 2 rings (SSSR count). The molecule has 0 radical (unpaired) electrons. The summed E-state index contributed by atoms with van der Waals surface area (Å²) in [4.78, 5) is 12.5. The van der Waals surface area contributed by atoms with Gasteiger partial charge in [0.05, 0.1) is 12.0 Å². The molecule has 0 aliphatic heterocycles. The lowest BCUT2D eigenvalue weighted by molar-refractivity contribution is -0.127. The van der Waals surface area contributed by atoms with Gasteiger partial charge in [0, 0.05) is 5.56 Å². The largest absolute Gasteiger partial charge is 0.463 e. The van der Waals surface area contributed by atoms with Gasteiger partial charge in [-0.25, -0.2) is 4.39 Å². The van der Waals surface area contributed by atoms with Crippen LogP contribution in [0.4, 0.5) is 4.39 Å². The summed E-state index contributed by atoms with van der Waals surface area (Å²) in [5.74, 6) is 0.254. The smallest absolute Gasteiger partial charge is 0.230 e. The Hall–Kier alpha value is -2.14. The molecular formula is C18H22FNO3. The van der Waals surface area contributed by atoms with Crippen molar-refractivity contribution in [1.82, 2.24) is 5.32 Å². The number of carbonyl (C=O) groups excluding carboxylic acids is 1. The predicted octanol–water partition coefficient (Wildman–Crippen LogP) is 3.03. The summed E-state index contributed by atoms with van der Waals surface area (Å²) < 4.78 is 19.4. The second-order valence-electron chi connectivity index (χ2n) is 6.47. The van der Waals surface area contributed by atoms with Gasteiger partial charge >= 0.3 is 0 Å². The predicted molar refractivity (Wildman–Crippen MR) is 85.5 cm³/mol. The lowest BCUT2D eigenvalue weighted by Crippen LogP contribution is -2.46. The molecule has 124 valence electrons. The summed E-state index contributed by atoms with van der Waals surface area (Å²) in [5.41, 5.74) is -2.08. The van der Waals surface area contributed by atoms with E-state index in [-0.39, 0.29) is 12.5 Å². The lowest BCUT2D eigenvalue weighted by atomic mass is 9.83. The van der Waals surface area contributed by atoms with Crippen molar-refractivity contribution in [3.63, 3.8) is 0 Å². The molecule has 0 fully saturated rings. The van der Waals surface area contributed by atoms with Gasteiger partial charge in [-0.2, -0.15) is 0 Å². The Bertz CT molecular complexity index is 704. The fourth-order valence-electron chi connectivity index (χ4n) is 2.37. The molecule has 1 aromatic heterocycles. The van der Waals surface area contributed by atoms with E-state index in [9.17, 15) is 14.3 Å². The molecule has 1 heterocycles. The first kappa shape index (κ1) is 17.2. The van der Waals surface area contributed by atoms with E-state index in [2.05, 4.69) is 5.32 Å². The van der Waals surface area contributed by atoms with Gasteiger partial charge in [0.25, 0.3) is 0 Å². The van der Waals surface area contributed by atoms with Crippen LogP contribution in [-0.4, -0.2) is 17.6 Å². The number of benzene rings is 1. The molecule has 2 N–H and O–H groups in total. The molecular weight excluding hydrogens is 297 g/mol. The van der Waals surface area contributed by atoms with Crippen molar-refractivity contribution in [3.05, 3.63) is 59.3 Å². The van der Waals surface area contributed by atoms with Crippen LogP contribution in [0.5, 0.6) is 0 Å². The highest BCUT2D eigenvalue weighted by Crippen LogP contribution is 2.27. The zero-order chi connectivity index (χ0) is 17.3. The maximum absolute atomic E-state index is 13.9. The topological polar surface area (TPSA) is 62.5 Å². The van der Waals surface area contributed by atoms with Crippen LogP contribution in [0.3, 0.4) is 0 Å². The van der Waals surface area contributed by atoms with Crippen LogP contribution in [0.25, 0.3) is 0 Å². The Morgan fingerprint density at radius 3 is 2.43 bits per heavy atom. The molecule has 23 heavy (non-hydrogen) atoms. The molecule has 1 aromatic carbocycles. The van der Waals surface area contributed by atoms with Gasteiger partial charge in [0.2, 0.25) is 5.91 Å². The minimum Gasteiger partial charge on any atom is -0.463 e. The zero-order valence-electron chi connectivity index (χ0n) is 13.8. The van der Waals surface area contributed by atoms with Crippen molar-refractivity contribution in [1.29, 1.82) is 0 Å². The summed E-state index contributed by atoms with van der Waals surface area (Å²) in [6, 6.07) is 9.60. The number of aryl methyl sites for hydroxylation is 1. The molecule has 0 aliphatic carbocycles. The summed E-state index contributed by atoms with van der Waals surface area (Å²) in [7, 11) is 0. The SMILES string of the molecule is Cc1ccc(C(C)(O)CNC(=O)C(C)(C)c2ccccc2F)o1. The van der Waals surface area contributed by atoms with Gasteiger partial charge in [-0.15, -0.1) is 0 Å². The van der Waals surface area contributed by atoms with Gasteiger partial charge in [-0.1, -0.05) is 18.2 Å². The average molecular weight is 319 g/mol. The van der Waals surface area contributed by atoms with Crippen molar-refractivity contribution in [2.45, 2.75) is 38.7 Å². The van der Waals surface area contributed by atoms with Crippen molar-refractivity contribution >= 4 is 5.91 Å². The summed E-state index contributed by atoms with van der Waals surface area (Å²) >= 11 is 0. The number of halogens is 1. The number of hydrogen-bond acceptors (Lipinski definition) is 3. The number of rotatable bonds is 5. The Labute approximate surface area is 135 Å². The third-order valence-corrected chi connectivity index (χ3v) is 3.98.